The van der Waals surface area contributed by atoms with Crippen molar-refractivity contribution < 1.29 is 4.74 Å². The van der Waals surface area contributed by atoms with Crippen LogP contribution in [0.3, 0.4) is 0 Å². The zero-order chi connectivity index (χ0) is 15.4. The number of ether oxygens (including phenoxy) is 1. The first-order valence-electron chi connectivity index (χ1n) is 7.35. The standard InChI is InChI=1S/C18H18N2OS/c19-13-18(8-10-21-11-9-18)14-2-1-3-17(12-14)22-16-6-4-15(20)5-7-16/h1-7,12H,8-11,20H2. The Kier molecular flexibility index (Phi) is 4.37. The molecule has 1 fully saturated rings. The average Bonchev–Trinajstić information content (AvgIpc) is 2.58. The van der Waals surface area contributed by atoms with Crippen molar-refractivity contribution >= 4 is 17.4 Å². The molecule has 1 heterocycles. The van der Waals surface area contributed by atoms with E-state index in [1.165, 1.54) is 0 Å². The molecule has 0 bridgehead atoms. The maximum atomic E-state index is 9.68. The van der Waals surface area contributed by atoms with E-state index in [2.05, 4.69) is 24.3 Å². The number of nitrogens with zero attached hydrogens (tertiary/aromatic N) is 1. The van der Waals surface area contributed by atoms with E-state index >= 15 is 0 Å². The number of hydrogen-bond acceptors (Lipinski definition) is 4. The highest BCUT2D eigenvalue weighted by Crippen LogP contribution is 2.37. The molecule has 0 spiro atoms. The lowest BCUT2D eigenvalue weighted by atomic mass is 9.75. The van der Waals surface area contributed by atoms with E-state index in [0.717, 1.165) is 33.9 Å². The molecule has 22 heavy (non-hydrogen) atoms. The summed E-state index contributed by atoms with van der Waals surface area (Å²) in [5, 5.41) is 9.68. The van der Waals surface area contributed by atoms with E-state index in [4.69, 9.17) is 10.5 Å². The first-order chi connectivity index (χ1) is 10.7. The lowest BCUT2D eigenvalue weighted by Gasteiger charge is -2.31. The molecule has 3 nitrogen and oxygen atoms in total. The molecule has 0 amide bonds. The molecule has 0 aliphatic carbocycles. The zero-order valence-corrected chi connectivity index (χ0v) is 13.1. The van der Waals surface area contributed by atoms with Crippen LogP contribution in [0.5, 0.6) is 0 Å². The summed E-state index contributed by atoms with van der Waals surface area (Å²) in [6.45, 7) is 1.31. The van der Waals surface area contributed by atoms with Gasteiger partial charge < -0.3 is 10.5 Å². The number of anilines is 1. The summed E-state index contributed by atoms with van der Waals surface area (Å²) in [4.78, 5) is 2.28. The van der Waals surface area contributed by atoms with E-state index in [1.54, 1.807) is 11.8 Å². The molecular formula is C18H18N2OS. The summed E-state index contributed by atoms with van der Waals surface area (Å²) in [6.07, 6.45) is 1.53. The molecule has 0 aromatic heterocycles. The summed E-state index contributed by atoms with van der Waals surface area (Å²) < 4.78 is 5.42. The number of nitrogen functional groups attached to an aromatic ring is 1. The van der Waals surface area contributed by atoms with Crippen molar-refractivity contribution in [2.75, 3.05) is 18.9 Å². The van der Waals surface area contributed by atoms with Gasteiger partial charge in [-0.05, 0) is 54.8 Å². The fourth-order valence-electron chi connectivity index (χ4n) is 2.71. The summed E-state index contributed by atoms with van der Waals surface area (Å²) >= 11 is 1.69. The number of nitrogens with two attached hydrogens (primary N) is 1. The number of nitriles is 1. The van der Waals surface area contributed by atoms with Crippen molar-refractivity contribution in [3.8, 4) is 6.07 Å². The molecule has 2 aromatic carbocycles. The van der Waals surface area contributed by atoms with Gasteiger partial charge in [-0.25, -0.2) is 0 Å². The van der Waals surface area contributed by atoms with Gasteiger partial charge in [-0.15, -0.1) is 0 Å². The van der Waals surface area contributed by atoms with Crippen molar-refractivity contribution in [3.63, 3.8) is 0 Å². The molecule has 3 rings (SSSR count). The number of hydrogen-bond donors (Lipinski definition) is 1. The second-order valence-corrected chi connectivity index (χ2v) is 6.65. The van der Waals surface area contributed by atoms with Crippen LogP contribution in [-0.4, -0.2) is 13.2 Å². The maximum absolute atomic E-state index is 9.68. The number of benzene rings is 2. The molecule has 1 saturated heterocycles. The monoisotopic (exact) mass is 310 g/mol. The van der Waals surface area contributed by atoms with Gasteiger partial charge in [-0.3, -0.25) is 0 Å². The Morgan fingerprint density at radius 1 is 1.05 bits per heavy atom. The molecule has 112 valence electrons. The van der Waals surface area contributed by atoms with Gasteiger partial charge in [0, 0.05) is 28.7 Å². The van der Waals surface area contributed by atoms with Crippen LogP contribution in [0.25, 0.3) is 0 Å². The van der Waals surface area contributed by atoms with Crippen molar-refractivity contribution in [3.05, 3.63) is 54.1 Å². The van der Waals surface area contributed by atoms with Gasteiger partial charge in [0.1, 0.15) is 0 Å². The third-order valence-corrected chi connectivity index (χ3v) is 5.06. The summed E-state index contributed by atoms with van der Waals surface area (Å²) in [5.41, 5.74) is 7.18. The van der Waals surface area contributed by atoms with E-state index < -0.39 is 5.41 Å². The largest absolute Gasteiger partial charge is 0.399 e. The highest BCUT2D eigenvalue weighted by Gasteiger charge is 2.34. The Labute approximate surface area is 135 Å². The fraction of sp³-hybridized carbons (Fsp3) is 0.278. The minimum Gasteiger partial charge on any atom is -0.399 e. The second kappa shape index (κ2) is 6.43. The minimum atomic E-state index is -0.407. The SMILES string of the molecule is N#CC1(c2cccc(Sc3ccc(N)cc3)c2)CCOCC1. The summed E-state index contributed by atoms with van der Waals surface area (Å²) in [5.74, 6) is 0. The molecular weight excluding hydrogens is 292 g/mol. The van der Waals surface area contributed by atoms with Crippen LogP contribution in [0.1, 0.15) is 18.4 Å². The highest BCUT2D eigenvalue weighted by atomic mass is 32.2. The molecule has 1 aliphatic rings. The Morgan fingerprint density at radius 2 is 1.77 bits per heavy atom. The lowest BCUT2D eigenvalue weighted by Crippen LogP contribution is -2.32. The Morgan fingerprint density at radius 3 is 2.45 bits per heavy atom. The summed E-state index contributed by atoms with van der Waals surface area (Å²) in [6, 6.07) is 18.7. The van der Waals surface area contributed by atoms with Crippen LogP contribution >= 0.6 is 11.8 Å². The summed E-state index contributed by atoms with van der Waals surface area (Å²) in [7, 11) is 0. The van der Waals surface area contributed by atoms with E-state index in [-0.39, 0.29) is 0 Å². The first kappa shape index (κ1) is 15.0. The minimum absolute atomic E-state index is 0.407. The van der Waals surface area contributed by atoms with Crippen LogP contribution in [-0.2, 0) is 10.2 Å². The molecule has 2 aromatic rings. The van der Waals surface area contributed by atoms with Gasteiger partial charge >= 0.3 is 0 Å². The Hall–Kier alpha value is -1.96. The lowest BCUT2D eigenvalue weighted by molar-refractivity contribution is 0.0675. The predicted molar refractivity (Wildman–Crippen MR) is 88.8 cm³/mol. The molecule has 0 saturated carbocycles. The third kappa shape index (κ3) is 3.11. The van der Waals surface area contributed by atoms with Crippen LogP contribution < -0.4 is 5.73 Å². The second-order valence-electron chi connectivity index (χ2n) is 5.51. The van der Waals surface area contributed by atoms with Crippen molar-refractivity contribution in [2.45, 2.75) is 28.0 Å². The van der Waals surface area contributed by atoms with Crippen LogP contribution in [0.15, 0.2) is 58.3 Å². The topological polar surface area (TPSA) is 59.0 Å². The fourth-order valence-corrected chi connectivity index (χ4v) is 3.59. The van der Waals surface area contributed by atoms with E-state index in [9.17, 15) is 5.26 Å². The Balaban J connectivity index is 1.86. The van der Waals surface area contributed by atoms with Crippen molar-refractivity contribution in [1.82, 2.24) is 0 Å². The van der Waals surface area contributed by atoms with Gasteiger partial charge in [0.15, 0.2) is 0 Å². The van der Waals surface area contributed by atoms with Crippen molar-refractivity contribution in [1.29, 1.82) is 5.26 Å². The van der Waals surface area contributed by atoms with Crippen LogP contribution in [0, 0.1) is 11.3 Å². The normalized spacial score (nSPS) is 16.9. The predicted octanol–water partition coefficient (Wildman–Crippen LogP) is 3.99. The molecule has 0 atom stereocenters. The molecule has 4 heteroatoms. The van der Waals surface area contributed by atoms with E-state index in [1.807, 2.05) is 30.3 Å². The van der Waals surface area contributed by atoms with Gasteiger partial charge in [0.2, 0.25) is 0 Å². The molecule has 0 unspecified atom stereocenters. The first-order valence-corrected chi connectivity index (χ1v) is 8.16. The quantitative estimate of drug-likeness (QED) is 0.871. The molecule has 2 N–H and O–H groups in total. The maximum Gasteiger partial charge on any atom is 0.0866 e. The number of rotatable bonds is 3. The highest BCUT2D eigenvalue weighted by molar-refractivity contribution is 7.99. The zero-order valence-electron chi connectivity index (χ0n) is 12.3. The van der Waals surface area contributed by atoms with Gasteiger partial charge in [-0.2, -0.15) is 5.26 Å². The van der Waals surface area contributed by atoms with Crippen LogP contribution in [0.2, 0.25) is 0 Å². The smallest absolute Gasteiger partial charge is 0.0866 e. The third-order valence-electron chi connectivity index (χ3n) is 4.06. The average molecular weight is 310 g/mol. The Bertz CT molecular complexity index is 685. The van der Waals surface area contributed by atoms with E-state index in [0.29, 0.717) is 13.2 Å². The van der Waals surface area contributed by atoms with Gasteiger partial charge in [-0.1, -0.05) is 23.9 Å². The van der Waals surface area contributed by atoms with Crippen molar-refractivity contribution in [2.24, 2.45) is 0 Å². The van der Waals surface area contributed by atoms with Crippen LogP contribution in [0.4, 0.5) is 5.69 Å². The van der Waals surface area contributed by atoms with Gasteiger partial charge in [0.25, 0.3) is 0 Å². The van der Waals surface area contributed by atoms with Gasteiger partial charge in [0.05, 0.1) is 11.5 Å². The molecule has 1 aliphatic heterocycles. The molecule has 0 radical (unpaired) electrons.